The zero-order valence-electron chi connectivity index (χ0n) is 27.2. The smallest absolute Gasteiger partial charge is 0.243 e. The molecule has 4 rings (SSSR count). The number of hydrogen-bond donors (Lipinski definition) is 1. The van der Waals surface area contributed by atoms with Crippen LogP contribution in [-0.4, -0.2) is 74.9 Å². The third kappa shape index (κ3) is 10.1. The van der Waals surface area contributed by atoms with Crippen molar-refractivity contribution in [2.24, 2.45) is 0 Å². The molecule has 1 aliphatic heterocycles. The summed E-state index contributed by atoms with van der Waals surface area (Å²) < 4.78 is 38.4. The van der Waals surface area contributed by atoms with E-state index in [0.29, 0.717) is 51.3 Å². The van der Waals surface area contributed by atoms with Gasteiger partial charge in [-0.15, -0.1) is 0 Å². The lowest BCUT2D eigenvalue weighted by Gasteiger charge is -2.32. The van der Waals surface area contributed by atoms with Crippen LogP contribution in [0.1, 0.15) is 56.2 Å². The minimum Gasteiger partial charge on any atom is -0.497 e. The fraction of sp³-hybridized carbons (Fsp3) is 0.444. The van der Waals surface area contributed by atoms with Crippen molar-refractivity contribution < 1.29 is 27.5 Å². The van der Waals surface area contributed by atoms with Crippen LogP contribution < -0.4 is 10.1 Å². The highest BCUT2D eigenvalue weighted by molar-refractivity contribution is 7.89. The van der Waals surface area contributed by atoms with Crippen molar-refractivity contribution in [3.63, 3.8) is 0 Å². The van der Waals surface area contributed by atoms with Gasteiger partial charge in [-0.1, -0.05) is 54.6 Å². The Labute approximate surface area is 273 Å². The first-order valence-corrected chi connectivity index (χ1v) is 17.6. The standard InChI is InChI=1S/C36H47N3O6S/c1-28(2)45-25-9-22-37-36(41)34(26-30-10-5-4-6-11-30)39(27-31-12-17-32(44-3)18-13-31)35(40)21-16-29-14-19-33(20-15-29)46(42,43)38-23-7-8-24-38/h4-6,10-15,17-20,28,34H,7-9,16,21-27H2,1-3H3,(H,37,41)/t34-/m0/s1. The summed E-state index contributed by atoms with van der Waals surface area (Å²) in [6.07, 6.45) is 3.47. The zero-order valence-corrected chi connectivity index (χ0v) is 28.0. The molecule has 2 amide bonds. The second-order valence-corrected chi connectivity index (χ2v) is 13.8. The van der Waals surface area contributed by atoms with Gasteiger partial charge in [-0.2, -0.15) is 4.31 Å². The van der Waals surface area contributed by atoms with Gasteiger partial charge < -0.3 is 19.7 Å². The van der Waals surface area contributed by atoms with Crippen LogP contribution in [0.4, 0.5) is 0 Å². The number of benzene rings is 3. The van der Waals surface area contributed by atoms with Crippen LogP contribution in [0.25, 0.3) is 0 Å². The molecule has 0 radical (unpaired) electrons. The van der Waals surface area contributed by atoms with E-state index in [2.05, 4.69) is 5.32 Å². The monoisotopic (exact) mass is 649 g/mol. The molecule has 0 aliphatic carbocycles. The lowest BCUT2D eigenvalue weighted by molar-refractivity contribution is -0.141. The number of ether oxygens (including phenoxy) is 2. The molecule has 1 fully saturated rings. The average molecular weight is 650 g/mol. The van der Waals surface area contributed by atoms with Crippen molar-refractivity contribution in [1.82, 2.24) is 14.5 Å². The van der Waals surface area contributed by atoms with E-state index in [9.17, 15) is 18.0 Å². The first-order valence-electron chi connectivity index (χ1n) is 16.1. The molecule has 46 heavy (non-hydrogen) atoms. The minimum atomic E-state index is -3.51. The fourth-order valence-electron chi connectivity index (χ4n) is 5.50. The van der Waals surface area contributed by atoms with E-state index in [1.54, 1.807) is 36.3 Å². The van der Waals surface area contributed by atoms with Crippen LogP contribution >= 0.6 is 0 Å². The topological polar surface area (TPSA) is 105 Å². The first-order chi connectivity index (χ1) is 22.2. The maximum absolute atomic E-state index is 14.0. The highest BCUT2D eigenvalue weighted by atomic mass is 32.2. The molecule has 0 spiro atoms. The van der Waals surface area contributed by atoms with Crippen molar-refractivity contribution in [1.29, 1.82) is 0 Å². The van der Waals surface area contributed by atoms with E-state index in [1.165, 1.54) is 4.31 Å². The van der Waals surface area contributed by atoms with Crippen molar-refractivity contribution >= 4 is 21.8 Å². The summed E-state index contributed by atoms with van der Waals surface area (Å²) in [6.45, 7) is 6.27. The number of methoxy groups -OCH3 is 1. The number of nitrogens with zero attached hydrogens (tertiary/aromatic N) is 2. The Bertz CT molecular complexity index is 1490. The minimum absolute atomic E-state index is 0.116. The van der Waals surface area contributed by atoms with Gasteiger partial charge in [-0.3, -0.25) is 9.59 Å². The summed E-state index contributed by atoms with van der Waals surface area (Å²) in [5.41, 5.74) is 2.68. The Kier molecular flexibility index (Phi) is 13.2. The normalized spacial score (nSPS) is 14.3. The predicted molar refractivity (Wildman–Crippen MR) is 179 cm³/mol. The van der Waals surface area contributed by atoms with E-state index < -0.39 is 16.1 Å². The van der Waals surface area contributed by atoms with Crippen LogP contribution in [0.3, 0.4) is 0 Å². The number of aryl methyl sites for hydroxylation is 1. The molecule has 3 aromatic rings. The summed E-state index contributed by atoms with van der Waals surface area (Å²) in [6, 6.07) is 23.3. The van der Waals surface area contributed by atoms with Crippen molar-refractivity contribution in [2.75, 3.05) is 33.4 Å². The van der Waals surface area contributed by atoms with Gasteiger partial charge in [-0.25, -0.2) is 8.42 Å². The second kappa shape index (κ2) is 17.3. The van der Waals surface area contributed by atoms with Gasteiger partial charge in [0.05, 0.1) is 18.1 Å². The number of carbonyl (C=O) groups is 2. The largest absolute Gasteiger partial charge is 0.497 e. The molecule has 0 aromatic heterocycles. The van der Waals surface area contributed by atoms with Crippen molar-refractivity contribution in [3.8, 4) is 5.75 Å². The Balaban J connectivity index is 1.53. The van der Waals surface area contributed by atoms with E-state index in [4.69, 9.17) is 9.47 Å². The summed E-state index contributed by atoms with van der Waals surface area (Å²) in [5.74, 6) is 0.328. The van der Waals surface area contributed by atoms with Gasteiger partial charge in [0.25, 0.3) is 0 Å². The number of carbonyl (C=O) groups excluding carboxylic acids is 2. The van der Waals surface area contributed by atoms with Gasteiger partial charge in [0.15, 0.2) is 0 Å². The predicted octanol–water partition coefficient (Wildman–Crippen LogP) is 4.98. The molecule has 1 aliphatic rings. The Morgan fingerprint density at radius 3 is 2.17 bits per heavy atom. The molecule has 1 N–H and O–H groups in total. The molecule has 0 unspecified atom stereocenters. The van der Waals surface area contributed by atoms with Gasteiger partial charge in [0, 0.05) is 45.6 Å². The van der Waals surface area contributed by atoms with Crippen LogP contribution in [0.5, 0.6) is 5.75 Å². The SMILES string of the molecule is COc1ccc(CN(C(=O)CCc2ccc(S(=O)(=O)N3CCCC3)cc2)[C@@H](Cc2ccccc2)C(=O)NCCCOC(C)C)cc1. The average Bonchev–Trinajstić information content (AvgIpc) is 3.62. The third-order valence-electron chi connectivity index (χ3n) is 8.11. The quantitative estimate of drug-likeness (QED) is 0.207. The summed E-state index contributed by atoms with van der Waals surface area (Å²) in [5, 5.41) is 3.04. The van der Waals surface area contributed by atoms with Gasteiger partial charge >= 0.3 is 0 Å². The number of rotatable bonds is 17. The summed E-state index contributed by atoms with van der Waals surface area (Å²) >= 11 is 0. The van der Waals surface area contributed by atoms with Gasteiger partial charge in [0.2, 0.25) is 21.8 Å². The van der Waals surface area contributed by atoms with E-state index in [1.807, 2.05) is 68.4 Å². The highest BCUT2D eigenvalue weighted by Crippen LogP contribution is 2.23. The van der Waals surface area contributed by atoms with Gasteiger partial charge in [-0.05, 0) is 80.5 Å². The van der Waals surface area contributed by atoms with Crippen molar-refractivity contribution in [3.05, 3.63) is 95.6 Å². The molecule has 1 atom stereocenters. The van der Waals surface area contributed by atoms with Crippen LogP contribution in [0, 0.1) is 0 Å². The molecule has 248 valence electrons. The fourth-order valence-corrected chi connectivity index (χ4v) is 7.02. The highest BCUT2D eigenvalue weighted by Gasteiger charge is 2.30. The Morgan fingerprint density at radius 1 is 0.891 bits per heavy atom. The van der Waals surface area contributed by atoms with Crippen LogP contribution in [0.15, 0.2) is 83.8 Å². The molecular formula is C36H47N3O6S. The number of sulfonamides is 1. The molecule has 10 heteroatoms. The molecule has 3 aromatic carbocycles. The van der Waals surface area contributed by atoms with Crippen LogP contribution in [0.2, 0.25) is 0 Å². The maximum atomic E-state index is 14.0. The van der Waals surface area contributed by atoms with E-state index >= 15 is 0 Å². The third-order valence-corrected chi connectivity index (χ3v) is 10.0. The Hall–Kier alpha value is -3.73. The first kappa shape index (κ1) is 35.1. The lowest BCUT2D eigenvalue weighted by atomic mass is 10.0. The molecule has 1 saturated heterocycles. The number of amides is 2. The van der Waals surface area contributed by atoms with Crippen LogP contribution in [-0.2, 0) is 43.7 Å². The maximum Gasteiger partial charge on any atom is 0.243 e. The number of nitrogens with one attached hydrogen (secondary N) is 1. The second-order valence-electron chi connectivity index (χ2n) is 11.9. The summed E-state index contributed by atoms with van der Waals surface area (Å²) in [7, 11) is -1.91. The molecule has 1 heterocycles. The molecule has 0 bridgehead atoms. The molecule has 0 saturated carbocycles. The van der Waals surface area contributed by atoms with E-state index in [0.717, 1.165) is 29.5 Å². The Morgan fingerprint density at radius 2 is 1.54 bits per heavy atom. The van der Waals surface area contributed by atoms with Crippen molar-refractivity contribution in [2.45, 2.75) is 76.0 Å². The van der Waals surface area contributed by atoms with E-state index in [-0.39, 0.29) is 35.8 Å². The summed E-state index contributed by atoms with van der Waals surface area (Å²) in [4.78, 5) is 29.7. The molecular weight excluding hydrogens is 602 g/mol. The zero-order chi connectivity index (χ0) is 32.9. The lowest BCUT2D eigenvalue weighted by Crippen LogP contribution is -2.50. The van der Waals surface area contributed by atoms with Gasteiger partial charge in [0.1, 0.15) is 11.8 Å². The molecule has 9 nitrogen and oxygen atoms in total. The number of hydrogen-bond acceptors (Lipinski definition) is 6.